The van der Waals surface area contributed by atoms with Gasteiger partial charge < -0.3 is 19.4 Å². The van der Waals surface area contributed by atoms with Gasteiger partial charge >= 0.3 is 6.03 Å². The van der Waals surface area contributed by atoms with Crippen LogP contribution in [0, 0.1) is 17.0 Å². The molecule has 2 aromatic rings. The second kappa shape index (κ2) is 6.84. The van der Waals surface area contributed by atoms with E-state index in [1.165, 1.54) is 25.3 Å². The maximum Gasteiger partial charge on any atom is 0.322 e. The lowest BCUT2D eigenvalue weighted by Gasteiger charge is -2.24. The molecular weight excluding hydrogens is 326 g/mol. The molecule has 8 heteroatoms. The van der Waals surface area contributed by atoms with Gasteiger partial charge in [0.05, 0.1) is 23.8 Å². The van der Waals surface area contributed by atoms with Crippen LogP contribution in [0.4, 0.5) is 16.2 Å². The van der Waals surface area contributed by atoms with Gasteiger partial charge in [-0.3, -0.25) is 10.1 Å². The van der Waals surface area contributed by atoms with E-state index in [4.69, 9.17) is 9.15 Å². The largest absolute Gasteiger partial charge is 0.495 e. The highest BCUT2D eigenvalue weighted by Gasteiger charge is 2.32. The van der Waals surface area contributed by atoms with Gasteiger partial charge in [-0.25, -0.2) is 4.79 Å². The van der Waals surface area contributed by atoms with Gasteiger partial charge in [0.15, 0.2) is 0 Å². The monoisotopic (exact) mass is 345 g/mol. The predicted octanol–water partition coefficient (Wildman–Crippen LogP) is 3.87. The molecule has 1 atom stereocenters. The number of ether oxygens (including phenoxy) is 1. The van der Waals surface area contributed by atoms with Crippen LogP contribution in [0.25, 0.3) is 0 Å². The van der Waals surface area contributed by atoms with E-state index in [0.29, 0.717) is 12.3 Å². The Morgan fingerprint density at radius 1 is 1.40 bits per heavy atom. The van der Waals surface area contributed by atoms with E-state index in [9.17, 15) is 14.9 Å². The summed E-state index contributed by atoms with van der Waals surface area (Å²) in [6, 6.07) is 7.35. The van der Waals surface area contributed by atoms with E-state index in [1.54, 1.807) is 4.90 Å². The number of carbonyl (C=O) groups excluding carboxylic acids is 1. The SMILES string of the molecule is COc1ccc([N+](=O)[O-])cc1NC(=O)N1CCC[C@@H]1c1ccc(C)o1. The van der Waals surface area contributed by atoms with Crippen LogP contribution in [-0.2, 0) is 0 Å². The number of methoxy groups -OCH3 is 1. The topological polar surface area (TPSA) is 97.8 Å². The lowest BCUT2D eigenvalue weighted by Crippen LogP contribution is -2.34. The number of urea groups is 1. The number of anilines is 1. The van der Waals surface area contributed by atoms with Crippen LogP contribution >= 0.6 is 0 Å². The van der Waals surface area contributed by atoms with Crippen molar-refractivity contribution in [3.05, 3.63) is 52.0 Å². The maximum atomic E-state index is 12.7. The van der Waals surface area contributed by atoms with E-state index in [2.05, 4.69) is 5.32 Å². The van der Waals surface area contributed by atoms with Crippen molar-refractivity contribution in [1.82, 2.24) is 4.90 Å². The number of benzene rings is 1. The van der Waals surface area contributed by atoms with Crippen LogP contribution in [0.5, 0.6) is 5.75 Å². The first-order chi connectivity index (χ1) is 12.0. The second-order valence-electron chi connectivity index (χ2n) is 5.87. The number of nitrogens with zero attached hydrogens (tertiary/aromatic N) is 2. The van der Waals surface area contributed by atoms with Crippen molar-refractivity contribution in [2.24, 2.45) is 0 Å². The highest BCUT2D eigenvalue weighted by molar-refractivity contribution is 5.92. The molecule has 3 rings (SSSR count). The van der Waals surface area contributed by atoms with Crippen molar-refractivity contribution in [2.45, 2.75) is 25.8 Å². The lowest BCUT2D eigenvalue weighted by atomic mass is 10.2. The predicted molar refractivity (Wildman–Crippen MR) is 90.8 cm³/mol. The van der Waals surface area contributed by atoms with Crippen LogP contribution in [0.1, 0.15) is 30.4 Å². The van der Waals surface area contributed by atoms with Crippen molar-refractivity contribution >= 4 is 17.4 Å². The minimum Gasteiger partial charge on any atom is -0.495 e. The van der Waals surface area contributed by atoms with Crippen LogP contribution in [-0.4, -0.2) is 29.5 Å². The van der Waals surface area contributed by atoms with E-state index >= 15 is 0 Å². The molecule has 1 aliphatic heterocycles. The minimum atomic E-state index is -0.515. The first-order valence-electron chi connectivity index (χ1n) is 7.96. The van der Waals surface area contributed by atoms with Crippen LogP contribution in [0.15, 0.2) is 34.7 Å². The summed E-state index contributed by atoms with van der Waals surface area (Å²) in [7, 11) is 1.45. The van der Waals surface area contributed by atoms with Gasteiger partial charge in [-0.1, -0.05) is 0 Å². The first kappa shape index (κ1) is 16.8. The third-order valence-corrected chi connectivity index (χ3v) is 4.24. The molecule has 132 valence electrons. The molecule has 0 unspecified atom stereocenters. The number of carbonyl (C=O) groups is 1. The Morgan fingerprint density at radius 3 is 2.84 bits per heavy atom. The summed E-state index contributed by atoms with van der Waals surface area (Å²) in [5, 5.41) is 13.7. The highest BCUT2D eigenvalue weighted by atomic mass is 16.6. The first-order valence-corrected chi connectivity index (χ1v) is 7.96. The summed E-state index contributed by atoms with van der Waals surface area (Å²) in [5.74, 6) is 1.90. The summed E-state index contributed by atoms with van der Waals surface area (Å²) in [6.07, 6.45) is 1.68. The van der Waals surface area contributed by atoms with Crippen LogP contribution in [0.2, 0.25) is 0 Å². The standard InChI is InChI=1S/C17H19N3O5/c1-11-5-7-16(25-11)14-4-3-9-19(14)17(21)18-13-10-12(20(22)23)6-8-15(13)24-2/h5-8,10,14H,3-4,9H2,1-2H3,(H,18,21)/t14-/m1/s1. The molecule has 0 aliphatic carbocycles. The van der Waals surface area contributed by atoms with Gasteiger partial charge in [0, 0.05) is 18.7 Å². The molecule has 1 aromatic carbocycles. The van der Waals surface area contributed by atoms with Gasteiger partial charge in [0.1, 0.15) is 17.3 Å². The minimum absolute atomic E-state index is 0.115. The number of aryl methyl sites for hydroxylation is 1. The Labute approximate surface area is 144 Å². The molecule has 1 saturated heterocycles. The summed E-state index contributed by atoms with van der Waals surface area (Å²) in [6.45, 7) is 2.45. The fourth-order valence-electron chi connectivity index (χ4n) is 3.03. The fourth-order valence-corrected chi connectivity index (χ4v) is 3.03. The number of nitro groups is 1. The second-order valence-corrected chi connectivity index (χ2v) is 5.87. The number of nitrogens with one attached hydrogen (secondary N) is 1. The van der Waals surface area contributed by atoms with Crippen LogP contribution in [0.3, 0.4) is 0 Å². The molecule has 0 bridgehead atoms. The Bertz CT molecular complexity index is 801. The summed E-state index contributed by atoms with van der Waals surface area (Å²) in [5.41, 5.74) is 0.152. The molecule has 2 amide bonds. The number of hydrogen-bond donors (Lipinski definition) is 1. The van der Waals surface area contributed by atoms with Gasteiger partial charge in [-0.15, -0.1) is 0 Å². The molecule has 0 spiro atoms. The Morgan fingerprint density at radius 2 is 2.20 bits per heavy atom. The smallest absolute Gasteiger partial charge is 0.322 e. The van der Waals surface area contributed by atoms with Gasteiger partial charge in [0.2, 0.25) is 0 Å². The number of likely N-dealkylation sites (tertiary alicyclic amines) is 1. The number of non-ortho nitro benzene ring substituents is 1. The molecule has 0 radical (unpaired) electrons. The molecule has 1 N–H and O–H groups in total. The van der Waals surface area contributed by atoms with E-state index in [1.807, 2.05) is 19.1 Å². The third-order valence-electron chi connectivity index (χ3n) is 4.24. The Hall–Kier alpha value is -3.03. The van der Waals surface area contributed by atoms with Crippen LogP contribution < -0.4 is 10.1 Å². The zero-order valence-electron chi connectivity index (χ0n) is 14.0. The van der Waals surface area contributed by atoms with Crippen molar-refractivity contribution < 1.29 is 18.9 Å². The normalized spacial score (nSPS) is 16.7. The van der Waals surface area contributed by atoms with E-state index in [0.717, 1.165) is 24.4 Å². The number of hydrogen-bond acceptors (Lipinski definition) is 5. The molecule has 0 saturated carbocycles. The molecule has 2 heterocycles. The Balaban J connectivity index is 1.81. The van der Waals surface area contributed by atoms with Crippen molar-refractivity contribution in [1.29, 1.82) is 0 Å². The summed E-state index contributed by atoms with van der Waals surface area (Å²) in [4.78, 5) is 24.8. The van der Waals surface area contributed by atoms with Gasteiger partial charge in [-0.2, -0.15) is 0 Å². The summed E-state index contributed by atoms with van der Waals surface area (Å²) >= 11 is 0. The molecule has 1 aromatic heterocycles. The van der Waals surface area contributed by atoms with Gasteiger partial charge in [0.25, 0.3) is 5.69 Å². The van der Waals surface area contributed by atoms with Crippen molar-refractivity contribution in [2.75, 3.05) is 19.0 Å². The molecular formula is C17H19N3O5. The van der Waals surface area contributed by atoms with E-state index < -0.39 is 4.92 Å². The lowest BCUT2D eigenvalue weighted by molar-refractivity contribution is -0.384. The summed E-state index contributed by atoms with van der Waals surface area (Å²) < 4.78 is 10.8. The zero-order valence-corrected chi connectivity index (χ0v) is 14.0. The molecule has 8 nitrogen and oxygen atoms in total. The Kier molecular flexibility index (Phi) is 4.60. The average Bonchev–Trinajstić information content (AvgIpc) is 3.23. The third kappa shape index (κ3) is 3.42. The number of furan rings is 1. The highest BCUT2D eigenvalue weighted by Crippen LogP contribution is 2.35. The number of amides is 2. The molecule has 25 heavy (non-hydrogen) atoms. The zero-order chi connectivity index (χ0) is 18.0. The quantitative estimate of drug-likeness (QED) is 0.670. The molecule has 1 aliphatic rings. The number of rotatable bonds is 4. The maximum absolute atomic E-state index is 12.7. The average molecular weight is 345 g/mol. The van der Waals surface area contributed by atoms with Crippen molar-refractivity contribution in [3.8, 4) is 5.75 Å². The number of nitro benzene ring substituents is 1. The van der Waals surface area contributed by atoms with Gasteiger partial charge in [-0.05, 0) is 38.0 Å². The van der Waals surface area contributed by atoms with E-state index in [-0.39, 0.29) is 23.4 Å². The fraction of sp³-hybridized carbons (Fsp3) is 0.353. The van der Waals surface area contributed by atoms with Crippen molar-refractivity contribution in [3.63, 3.8) is 0 Å². The molecule has 1 fully saturated rings.